The van der Waals surface area contributed by atoms with Gasteiger partial charge < -0.3 is 10.0 Å². The summed E-state index contributed by atoms with van der Waals surface area (Å²) in [5.74, 6) is 0.561. The van der Waals surface area contributed by atoms with Crippen LogP contribution in [0.15, 0.2) is 0 Å². The van der Waals surface area contributed by atoms with Gasteiger partial charge in [-0.1, -0.05) is 0 Å². The highest BCUT2D eigenvalue weighted by molar-refractivity contribution is 4.75. The minimum Gasteiger partial charge on any atom is -0.396 e. The number of hydrogen-bond donors (Lipinski definition) is 1. The van der Waals surface area contributed by atoms with Gasteiger partial charge in [-0.2, -0.15) is 0 Å². The Bertz CT molecular complexity index is 105. The normalized spacial score (nSPS) is 36.3. The second-order valence-electron chi connectivity index (χ2n) is 3.40. The minimum atomic E-state index is 0.373. The highest BCUT2D eigenvalue weighted by Crippen LogP contribution is 2.20. The Kier molecular flexibility index (Phi) is 2.69. The SMILES string of the molecule is C[C@H]1C[C@@H](CO)CCN1C. The smallest absolute Gasteiger partial charge is 0.0460 e. The summed E-state index contributed by atoms with van der Waals surface area (Å²) in [4.78, 5) is 2.35. The van der Waals surface area contributed by atoms with Gasteiger partial charge in [0.05, 0.1) is 0 Å². The van der Waals surface area contributed by atoms with E-state index in [2.05, 4.69) is 18.9 Å². The fraction of sp³-hybridized carbons (Fsp3) is 1.00. The first-order chi connectivity index (χ1) is 4.74. The molecular formula is C8H17NO. The average Bonchev–Trinajstić information content (AvgIpc) is 1.95. The third-order valence-corrected chi connectivity index (χ3v) is 2.58. The molecular weight excluding hydrogens is 126 g/mol. The second-order valence-corrected chi connectivity index (χ2v) is 3.40. The van der Waals surface area contributed by atoms with Gasteiger partial charge in [-0.3, -0.25) is 0 Å². The second kappa shape index (κ2) is 3.35. The molecule has 0 aromatic rings. The van der Waals surface area contributed by atoms with Crippen molar-refractivity contribution in [1.29, 1.82) is 0 Å². The van der Waals surface area contributed by atoms with Crippen LogP contribution in [0.2, 0.25) is 0 Å². The zero-order chi connectivity index (χ0) is 7.56. The Hall–Kier alpha value is -0.0800. The summed E-state index contributed by atoms with van der Waals surface area (Å²) >= 11 is 0. The van der Waals surface area contributed by atoms with Crippen LogP contribution in [0.25, 0.3) is 0 Å². The molecule has 1 saturated heterocycles. The summed E-state index contributed by atoms with van der Waals surface area (Å²) < 4.78 is 0. The van der Waals surface area contributed by atoms with Gasteiger partial charge in [0.1, 0.15) is 0 Å². The first-order valence-corrected chi connectivity index (χ1v) is 4.05. The number of piperidine rings is 1. The van der Waals surface area contributed by atoms with Crippen LogP contribution in [0.1, 0.15) is 19.8 Å². The molecule has 10 heavy (non-hydrogen) atoms. The molecule has 1 aliphatic heterocycles. The maximum absolute atomic E-state index is 8.88. The van der Waals surface area contributed by atoms with E-state index >= 15 is 0 Å². The van der Waals surface area contributed by atoms with E-state index < -0.39 is 0 Å². The van der Waals surface area contributed by atoms with E-state index in [4.69, 9.17) is 5.11 Å². The Labute approximate surface area is 62.8 Å². The standard InChI is InChI=1S/C8H17NO/c1-7-5-8(6-10)3-4-9(7)2/h7-8,10H,3-6H2,1-2H3/t7-,8-/m0/s1. The molecule has 2 nitrogen and oxygen atoms in total. The maximum Gasteiger partial charge on any atom is 0.0460 e. The maximum atomic E-state index is 8.88. The summed E-state index contributed by atoms with van der Waals surface area (Å²) in [6.45, 7) is 3.74. The third-order valence-electron chi connectivity index (χ3n) is 2.58. The number of aliphatic hydroxyl groups excluding tert-OH is 1. The van der Waals surface area contributed by atoms with Crippen LogP contribution in [0.5, 0.6) is 0 Å². The number of hydrogen-bond acceptors (Lipinski definition) is 2. The van der Waals surface area contributed by atoms with Gasteiger partial charge in [0, 0.05) is 12.6 Å². The predicted molar refractivity (Wildman–Crippen MR) is 41.9 cm³/mol. The summed E-state index contributed by atoms with van der Waals surface area (Å²) in [5.41, 5.74) is 0. The van der Waals surface area contributed by atoms with E-state index in [1.165, 1.54) is 0 Å². The topological polar surface area (TPSA) is 23.5 Å². The number of likely N-dealkylation sites (tertiary alicyclic amines) is 1. The van der Waals surface area contributed by atoms with Gasteiger partial charge in [0.15, 0.2) is 0 Å². The lowest BCUT2D eigenvalue weighted by atomic mass is 9.93. The van der Waals surface area contributed by atoms with Crippen molar-refractivity contribution in [2.75, 3.05) is 20.2 Å². The lowest BCUT2D eigenvalue weighted by Gasteiger charge is -2.34. The van der Waals surface area contributed by atoms with Gasteiger partial charge in [0.2, 0.25) is 0 Å². The van der Waals surface area contributed by atoms with E-state index in [0.717, 1.165) is 19.4 Å². The first kappa shape index (κ1) is 8.02. The van der Waals surface area contributed by atoms with Gasteiger partial charge in [-0.15, -0.1) is 0 Å². The van der Waals surface area contributed by atoms with Gasteiger partial charge in [-0.25, -0.2) is 0 Å². The van der Waals surface area contributed by atoms with Crippen molar-refractivity contribution < 1.29 is 5.11 Å². The molecule has 0 saturated carbocycles. The van der Waals surface area contributed by atoms with E-state index in [9.17, 15) is 0 Å². The lowest BCUT2D eigenvalue weighted by Crippen LogP contribution is -2.38. The van der Waals surface area contributed by atoms with Crippen molar-refractivity contribution in [1.82, 2.24) is 4.90 Å². The highest BCUT2D eigenvalue weighted by atomic mass is 16.3. The molecule has 0 spiro atoms. The third kappa shape index (κ3) is 1.70. The molecule has 0 bridgehead atoms. The molecule has 2 heteroatoms. The molecule has 0 aliphatic carbocycles. The molecule has 0 aromatic heterocycles. The summed E-state index contributed by atoms with van der Waals surface area (Å²) in [7, 11) is 2.15. The Morgan fingerprint density at radius 2 is 2.30 bits per heavy atom. The largest absolute Gasteiger partial charge is 0.396 e. The molecule has 60 valence electrons. The summed E-state index contributed by atoms with van der Waals surface area (Å²) in [6.07, 6.45) is 2.32. The van der Waals surface area contributed by atoms with Crippen molar-refractivity contribution >= 4 is 0 Å². The zero-order valence-electron chi connectivity index (χ0n) is 6.88. The number of aliphatic hydroxyl groups is 1. The van der Waals surface area contributed by atoms with Crippen molar-refractivity contribution in [3.63, 3.8) is 0 Å². The Morgan fingerprint density at radius 3 is 2.80 bits per heavy atom. The first-order valence-electron chi connectivity index (χ1n) is 4.05. The molecule has 1 aliphatic rings. The molecule has 1 N–H and O–H groups in total. The fourth-order valence-corrected chi connectivity index (χ4v) is 1.55. The molecule has 2 atom stereocenters. The number of nitrogens with zero attached hydrogens (tertiary/aromatic N) is 1. The van der Waals surface area contributed by atoms with Crippen molar-refractivity contribution in [3.8, 4) is 0 Å². The van der Waals surface area contributed by atoms with E-state index in [0.29, 0.717) is 18.6 Å². The highest BCUT2D eigenvalue weighted by Gasteiger charge is 2.21. The predicted octanol–water partition coefficient (Wildman–Crippen LogP) is 0.709. The van der Waals surface area contributed by atoms with Crippen LogP contribution < -0.4 is 0 Å². The molecule has 0 radical (unpaired) electrons. The molecule has 0 amide bonds. The van der Waals surface area contributed by atoms with Crippen LogP contribution in [0, 0.1) is 5.92 Å². The van der Waals surface area contributed by atoms with Gasteiger partial charge in [-0.05, 0) is 39.3 Å². The summed E-state index contributed by atoms with van der Waals surface area (Å²) in [6, 6.07) is 0.658. The summed E-state index contributed by atoms with van der Waals surface area (Å²) in [5, 5.41) is 8.88. The van der Waals surface area contributed by atoms with Crippen molar-refractivity contribution in [2.24, 2.45) is 5.92 Å². The van der Waals surface area contributed by atoms with Crippen LogP contribution in [0.3, 0.4) is 0 Å². The minimum absolute atomic E-state index is 0.373. The number of rotatable bonds is 1. The molecule has 1 rings (SSSR count). The fourth-order valence-electron chi connectivity index (χ4n) is 1.55. The van der Waals surface area contributed by atoms with E-state index in [1.54, 1.807) is 0 Å². The van der Waals surface area contributed by atoms with Crippen LogP contribution in [-0.4, -0.2) is 36.2 Å². The van der Waals surface area contributed by atoms with Gasteiger partial charge in [0.25, 0.3) is 0 Å². The van der Waals surface area contributed by atoms with Crippen LogP contribution in [0.4, 0.5) is 0 Å². The van der Waals surface area contributed by atoms with Crippen LogP contribution in [-0.2, 0) is 0 Å². The van der Waals surface area contributed by atoms with Crippen LogP contribution >= 0.6 is 0 Å². The van der Waals surface area contributed by atoms with Crippen molar-refractivity contribution in [3.05, 3.63) is 0 Å². The van der Waals surface area contributed by atoms with E-state index in [-0.39, 0.29) is 0 Å². The Balaban J connectivity index is 2.33. The molecule has 1 heterocycles. The van der Waals surface area contributed by atoms with E-state index in [1.807, 2.05) is 0 Å². The zero-order valence-corrected chi connectivity index (χ0v) is 6.88. The van der Waals surface area contributed by atoms with Gasteiger partial charge >= 0.3 is 0 Å². The Morgan fingerprint density at radius 1 is 1.60 bits per heavy atom. The molecule has 0 unspecified atom stereocenters. The average molecular weight is 143 g/mol. The molecule has 0 aromatic carbocycles. The lowest BCUT2D eigenvalue weighted by molar-refractivity contribution is 0.109. The van der Waals surface area contributed by atoms with Crippen molar-refractivity contribution in [2.45, 2.75) is 25.8 Å². The monoisotopic (exact) mass is 143 g/mol. The quantitative estimate of drug-likeness (QED) is 0.584. The molecule has 1 fully saturated rings.